The number of hydrogen-bond acceptors (Lipinski definition) is 4. The first-order valence-electron chi connectivity index (χ1n) is 7.10. The summed E-state index contributed by atoms with van der Waals surface area (Å²) in [5.74, 6) is 0. The van der Waals surface area contributed by atoms with E-state index in [-0.39, 0.29) is 0 Å². The minimum atomic E-state index is 0.483. The summed E-state index contributed by atoms with van der Waals surface area (Å²) in [5, 5.41) is 15.0. The van der Waals surface area contributed by atoms with Gasteiger partial charge in [0, 0.05) is 10.2 Å². The monoisotopic (exact) mass is 369 g/mol. The van der Waals surface area contributed by atoms with Crippen molar-refractivity contribution in [3.05, 3.63) is 77.3 Å². The van der Waals surface area contributed by atoms with Crippen LogP contribution in [0.4, 0.5) is 28.4 Å². The Hall–Kier alpha value is -2.50. The molecule has 4 N–H and O–H groups in total. The molecule has 0 fully saturated rings. The third kappa shape index (κ3) is 3.47. The van der Waals surface area contributed by atoms with E-state index in [1.54, 1.807) is 12.1 Å². The van der Waals surface area contributed by atoms with Gasteiger partial charge in [-0.3, -0.25) is 5.21 Å². The van der Waals surface area contributed by atoms with Crippen molar-refractivity contribution in [1.29, 1.82) is 0 Å². The number of nitrogens with two attached hydrogens (primary N) is 1. The summed E-state index contributed by atoms with van der Waals surface area (Å²) < 4.78 is 0.864. The first-order valence-corrected chi connectivity index (χ1v) is 7.89. The maximum atomic E-state index is 10.6. The molecule has 0 unspecified atom stereocenters. The standard InChI is InChI=1S/C18H16BrN3O/c19-13-10-11-17(15(20)12-13)22(23)18-9-5-4-8-16(18)21-14-6-2-1-3-7-14/h1-12,21,23H,20H2. The largest absolute Gasteiger partial charge is 0.397 e. The molecular weight excluding hydrogens is 354 g/mol. The first-order chi connectivity index (χ1) is 11.1. The van der Waals surface area contributed by atoms with E-state index in [0.717, 1.165) is 20.9 Å². The number of nitrogens with zero attached hydrogens (tertiary/aromatic N) is 1. The summed E-state index contributed by atoms with van der Waals surface area (Å²) in [6.45, 7) is 0. The number of hydrogen-bond donors (Lipinski definition) is 3. The van der Waals surface area contributed by atoms with Crippen molar-refractivity contribution in [3.8, 4) is 0 Å². The van der Waals surface area contributed by atoms with E-state index in [1.165, 1.54) is 0 Å². The van der Waals surface area contributed by atoms with Crippen LogP contribution in [0.3, 0.4) is 0 Å². The third-order valence-corrected chi connectivity index (χ3v) is 3.90. The number of benzene rings is 3. The second-order valence-electron chi connectivity index (χ2n) is 5.02. The van der Waals surface area contributed by atoms with Crippen molar-refractivity contribution in [2.45, 2.75) is 0 Å². The number of rotatable bonds is 4. The van der Waals surface area contributed by atoms with Crippen LogP contribution in [0.1, 0.15) is 0 Å². The maximum absolute atomic E-state index is 10.6. The van der Waals surface area contributed by atoms with Crippen LogP contribution in [0.25, 0.3) is 0 Å². The molecule has 0 saturated carbocycles. The molecule has 116 valence electrons. The van der Waals surface area contributed by atoms with Gasteiger partial charge in [-0.25, -0.2) is 5.06 Å². The number of halogens is 1. The van der Waals surface area contributed by atoms with E-state index in [1.807, 2.05) is 60.7 Å². The zero-order valence-electron chi connectivity index (χ0n) is 12.3. The minimum absolute atomic E-state index is 0.483. The molecular formula is C18H16BrN3O. The predicted molar refractivity (Wildman–Crippen MR) is 98.6 cm³/mol. The van der Waals surface area contributed by atoms with E-state index in [2.05, 4.69) is 21.2 Å². The lowest BCUT2D eigenvalue weighted by molar-refractivity contribution is 0.302. The van der Waals surface area contributed by atoms with Gasteiger partial charge >= 0.3 is 0 Å². The molecule has 3 aromatic carbocycles. The van der Waals surface area contributed by atoms with Gasteiger partial charge in [-0.15, -0.1) is 0 Å². The van der Waals surface area contributed by atoms with Gasteiger partial charge in [0.1, 0.15) is 0 Å². The molecule has 0 bridgehead atoms. The fourth-order valence-corrected chi connectivity index (χ4v) is 2.67. The summed E-state index contributed by atoms with van der Waals surface area (Å²) in [6, 6.07) is 22.6. The third-order valence-electron chi connectivity index (χ3n) is 3.40. The highest BCUT2D eigenvalue weighted by atomic mass is 79.9. The van der Waals surface area contributed by atoms with E-state index in [9.17, 15) is 5.21 Å². The van der Waals surface area contributed by atoms with Gasteiger partial charge in [-0.05, 0) is 42.5 Å². The SMILES string of the molecule is Nc1cc(Br)ccc1N(O)c1ccccc1Nc1ccccc1. The fraction of sp³-hybridized carbons (Fsp3) is 0. The van der Waals surface area contributed by atoms with Crippen molar-refractivity contribution >= 4 is 44.4 Å². The van der Waals surface area contributed by atoms with Crippen LogP contribution in [-0.4, -0.2) is 5.21 Å². The number of anilines is 5. The number of nitrogens with one attached hydrogen (secondary N) is 1. The molecule has 3 rings (SSSR count). The fourth-order valence-electron chi connectivity index (χ4n) is 2.29. The van der Waals surface area contributed by atoms with Gasteiger partial charge in [0.15, 0.2) is 0 Å². The molecule has 0 aromatic heterocycles. The van der Waals surface area contributed by atoms with E-state index >= 15 is 0 Å². The van der Waals surface area contributed by atoms with Crippen LogP contribution in [0.5, 0.6) is 0 Å². The normalized spacial score (nSPS) is 10.3. The molecule has 0 atom stereocenters. The minimum Gasteiger partial charge on any atom is -0.397 e. The highest BCUT2D eigenvalue weighted by Gasteiger charge is 2.14. The average molecular weight is 370 g/mol. The summed E-state index contributed by atoms with van der Waals surface area (Å²) in [4.78, 5) is 0. The lowest BCUT2D eigenvalue weighted by Crippen LogP contribution is -2.14. The topological polar surface area (TPSA) is 61.5 Å². The molecule has 0 spiro atoms. The lowest BCUT2D eigenvalue weighted by Gasteiger charge is -2.22. The Morgan fingerprint density at radius 1 is 0.870 bits per heavy atom. The van der Waals surface area contributed by atoms with Crippen LogP contribution in [-0.2, 0) is 0 Å². The summed E-state index contributed by atoms with van der Waals surface area (Å²) in [6.07, 6.45) is 0. The van der Waals surface area contributed by atoms with Gasteiger partial charge in [-0.1, -0.05) is 46.3 Å². The molecule has 3 aromatic rings. The van der Waals surface area contributed by atoms with Crippen LogP contribution in [0.2, 0.25) is 0 Å². The summed E-state index contributed by atoms with van der Waals surface area (Å²) in [7, 11) is 0. The van der Waals surface area contributed by atoms with Crippen molar-refractivity contribution in [1.82, 2.24) is 0 Å². The van der Waals surface area contributed by atoms with Crippen LogP contribution in [0, 0.1) is 0 Å². The Kier molecular flexibility index (Phi) is 4.50. The number of nitrogen functional groups attached to an aromatic ring is 1. The zero-order chi connectivity index (χ0) is 16.2. The second kappa shape index (κ2) is 6.73. The molecule has 23 heavy (non-hydrogen) atoms. The Labute approximate surface area is 143 Å². The lowest BCUT2D eigenvalue weighted by atomic mass is 10.2. The van der Waals surface area contributed by atoms with Gasteiger partial charge in [0.25, 0.3) is 0 Å². The molecule has 5 heteroatoms. The predicted octanol–water partition coefficient (Wildman–Crippen LogP) is 5.30. The molecule has 0 heterocycles. The molecule has 0 amide bonds. The van der Waals surface area contributed by atoms with Crippen molar-refractivity contribution in [2.24, 2.45) is 0 Å². The van der Waals surface area contributed by atoms with E-state index in [4.69, 9.17) is 5.73 Å². The van der Waals surface area contributed by atoms with E-state index < -0.39 is 0 Å². The quantitative estimate of drug-likeness (QED) is 0.431. The van der Waals surface area contributed by atoms with Gasteiger partial charge in [-0.2, -0.15) is 0 Å². The molecule has 4 nitrogen and oxygen atoms in total. The Balaban J connectivity index is 1.96. The van der Waals surface area contributed by atoms with Crippen LogP contribution in [0.15, 0.2) is 77.3 Å². The smallest absolute Gasteiger partial charge is 0.0928 e. The van der Waals surface area contributed by atoms with Crippen molar-refractivity contribution < 1.29 is 5.21 Å². The highest BCUT2D eigenvalue weighted by Crippen LogP contribution is 2.35. The highest BCUT2D eigenvalue weighted by molar-refractivity contribution is 9.10. The van der Waals surface area contributed by atoms with Gasteiger partial charge < -0.3 is 11.1 Å². The first kappa shape index (κ1) is 15.4. The maximum Gasteiger partial charge on any atom is 0.0928 e. The Morgan fingerprint density at radius 3 is 2.30 bits per heavy atom. The van der Waals surface area contributed by atoms with Crippen LogP contribution < -0.4 is 16.1 Å². The average Bonchev–Trinajstić information content (AvgIpc) is 2.56. The van der Waals surface area contributed by atoms with Crippen molar-refractivity contribution in [3.63, 3.8) is 0 Å². The molecule has 0 saturated heterocycles. The summed E-state index contributed by atoms with van der Waals surface area (Å²) in [5.41, 5.74) is 9.36. The molecule has 0 aliphatic heterocycles. The second-order valence-corrected chi connectivity index (χ2v) is 5.94. The Morgan fingerprint density at radius 2 is 1.57 bits per heavy atom. The van der Waals surface area contributed by atoms with Crippen LogP contribution >= 0.6 is 15.9 Å². The molecule has 0 radical (unpaired) electrons. The van der Waals surface area contributed by atoms with E-state index in [0.29, 0.717) is 17.1 Å². The Bertz CT molecular complexity index is 808. The molecule has 0 aliphatic carbocycles. The van der Waals surface area contributed by atoms with Gasteiger partial charge in [0.05, 0.1) is 22.7 Å². The number of para-hydroxylation sites is 3. The van der Waals surface area contributed by atoms with Crippen molar-refractivity contribution in [2.75, 3.05) is 16.1 Å². The summed E-state index contributed by atoms with van der Waals surface area (Å²) >= 11 is 3.37. The zero-order valence-corrected chi connectivity index (χ0v) is 13.9. The molecule has 0 aliphatic rings. The van der Waals surface area contributed by atoms with Gasteiger partial charge in [0.2, 0.25) is 0 Å².